The van der Waals surface area contributed by atoms with Crippen LogP contribution in [0.25, 0.3) is 0 Å². The lowest BCUT2D eigenvalue weighted by Gasteiger charge is -2.47. The molecule has 2 aliphatic heterocycles. The number of thioether (sulfide) groups is 1. The van der Waals surface area contributed by atoms with Crippen LogP contribution in [0.1, 0.15) is 37.8 Å². The van der Waals surface area contributed by atoms with E-state index in [9.17, 15) is 14.7 Å². The van der Waals surface area contributed by atoms with Gasteiger partial charge in [0.15, 0.2) is 0 Å². The smallest absolute Gasteiger partial charge is 0.251 e. The van der Waals surface area contributed by atoms with Crippen molar-refractivity contribution in [3.8, 4) is 0 Å². The maximum Gasteiger partial charge on any atom is 0.251 e. The minimum atomic E-state index is -0.889. The number of carbonyl (C=O) groups is 2. The average molecular weight is 392 g/mol. The number of hydrogen-bond acceptors (Lipinski definition) is 5. The molecule has 0 radical (unpaired) electrons. The van der Waals surface area contributed by atoms with Crippen molar-refractivity contribution in [2.75, 3.05) is 31.6 Å². The van der Waals surface area contributed by atoms with Gasteiger partial charge in [0.05, 0.1) is 12.2 Å². The van der Waals surface area contributed by atoms with Gasteiger partial charge in [-0.1, -0.05) is 6.07 Å². The summed E-state index contributed by atoms with van der Waals surface area (Å²) in [4.78, 5) is 32.9. The molecule has 7 heteroatoms. The molecule has 0 aromatic carbocycles. The predicted molar refractivity (Wildman–Crippen MR) is 106 cm³/mol. The molecule has 0 bridgehead atoms. The summed E-state index contributed by atoms with van der Waals surface area (Å²) in [5.74, 6) is 0.836. The van der Waals surface area contributed by atoms with E-state index in [1.54, 1.807) is 22.9 Å². The third kappa shape index (κ3) is 5.02. The number of piperidine rings is 2. The fourth-order valence-corrected chi connectivity index (χ4v) is 4.57. The van der Waals surface area contributed by atoms with Crippen LogP contribution in [-0.4, -0.2) is 69.5 Å². The van der Waals surface area contributed by atoms with E-state index in [0.29, 0.717) is 32.5 Å². The summed E-state index contributed by atoms with van der Waals surface area (Å²) in [6.07, 6.45) is 6.59. The van der Waals surface area contributed by atoms with Crippen molar-refractivity contribution in [3.05, 3.63) is 30.1 Å². The van der Waals surface area contributed by atoms with Crippen LogP contribution in [0.2, 0.25) is 0 Å². The topological polar surface area (TPSA) is 73.7 Å². The molecule has 1 N–H and O–H groups in total. The third-order valence-corrected chi connectivity index (χ3v) is 6.49. The van der Waals surface area contributed by atoms with Crippen LogP contribution >= 0.6 is 11.8 Å². The monoisotopic (exact) mass is 391 g/mol. The Morgan fingerprint density at radius 2 is 2.11 bits per heavy atom. The minimum Gasteiger partial charge on any atom is -0.383 e. The normalized spacial score (nSPS) is 20.7. The lowest BCUT2D eigenvalue weighted by molar-refractivity contribution is -0.147. The highest BCUT2D eigenvalue weighted by Gasteiger charge is 2.42. The van der Waals surface area contributed by atoms with Gasteiger partial charge in [0, 0.05) is 32.3 Å². The van der Waals surface area contributed by atoms with Crippen molar-refractivity contribution in [1.29, 1.82) is 0 Å². The summed E-state index contributed by atoms with van der Waals surface area (Å²) in [6.45, 7) is 2.62. The van der Waals surface area contributed by atoms with Gasteiger partial charge in [-0.05, 0) is 55.2 Å². The molecule has 0 saturated carbocycles. The standard InChI is InChI=1S/C20H29N3O3S/c1-27-13-6-17(24)19(26)22-11-8-20(9-12-22)7-5-18(25)23(15-20)14-16-4-2-3-10-21-16/h2-4,10,17,24H,5-9,11-15H2,1H3. The van der Waals surface area contributed by atoms with E-state index >= 15 is 0 Å². The van der Waals surface area contributed by atoms with Gasteiger partial charge >= 0.3 is 0 Å². The molecule has 2 saturated heterocycles. The highest BCUT2D eigenvalue weighted by Crippen LogP contribution is 2.40. The van der Waals surface area contributed by atoms with Gasteiger partial charge in [-0.3, -0.25) is 14.6 Å². The summed E-state index contributed by atoms with van der Waals surface area (Å²) < 4.78 is 0. The molecule has 1 atom stereocenters. The van der Waals surface area contributed by atoms with Gasteiger partial charge in [-0.25, -0.2) is 0 Å². The van der Waals surface area contributed by atoms with Gasteiger partial charge < -0.3 is 14.9 Å². The highest BCUT2D eigenvalue weighted by molar-refractivity contribution is 7.98. The van der Waals surface area contributed by atoms with Crippen LogP contribution in [0.3, 0.4) is 0 Å². The average Bonchev–Trinajstić information content (AvgIpc) is 2.70. The van der Waals surface area contributed by atoms with Crippen LogP contribution in [-0.2, 0) is 16.1 Å². The van der Waals surface area contributed by atoms with Crippen LogP contribution < -0.4 is 0 Å². The number of carbonyl (C=O) groups excluding carboxylic acids is 2. The SMILES string of the molecule is CSCCC(O)C(=O)N1CCC2(CCC(=O)N(Cc3ccccn3)C2)CC1. The maximum absolute atomic E-state index is 12.4. The van der Waals surface area contributed by atoms with Crippen LogP contribution in [0, 0.1) is 5.41 Å². The van der Waals surface area contributed by atoms with Gasteiger partial charge in [0.1, 0.15) is 6.10 Å². The van der Waals surface area contributed by atoms with E-state index in [0.717, 1.165) is 37.3 Å². The van der Waals surface area contributed by atoms with Crippen LogP contribution in [0.15, 0.2) is 24.4 Å². The van der Waals surface area contributed by atoms with E-state index < -0.39 is 6.10 Å². The Morgan fingerprint density at radius 1 is 1.33 bits per heavy atom. The lowest BCUT2D eigenvalue weighted by atomic mass is 9.72. The Bertz CT molecular complexity index is 647. The summed E-state index contributed by atoms with van der Waals surface area (Å²) in [5.41, 5.74) is 0.997. The molecule has 3 heterocycles. The lowest BCUT2D eigenvalue weighted by Crippen LogP contribution is -2.53. The highest BCUT2D eigenvalue weighted by atomic mass is 32.2. The van der Waals surface area contributed by atoms with Crippen molar-refractivity contribution < 1.29 is 14.7 Å². The Hall–Kier alpha value is -1.60. The summed E-state index contributed by atoms with van der Waals surface area (Å²) in [7, 11) is 0. The molecule has 2 fully saturated rings. The summed E-state index contributed by atoms with van der Waals surface area (Å²) in [6, 6.07) is 5.77. The van der Waals surface area contributed by atoms with Crippen molar-refractivity contribution >= 4 is 23.6 Å². The molecule has 1 aromatic rings. The van der Waals surface area contributed by atoms with E-state index in [1.807, 2.05) is 29.4 Å². The Labute approximate surface area is 165 Å². The number of amides is 2. The molecule has 2 aliphatic rings. The number of hydrogen-bond donors (Lipinski definition) is 1. The molecule has 1 spiro atoms. The number of nitrogens with zero attached hydrogens (tertiary/aromatic N) is 3. The van der Waals surface area contributed by atoms with E-state index in [2.05, 4.69) is 4.98 Å². The zero-order valence-corrected chi connectivity index (χ0v) is 16.8. The van der Waals surface area contributed by atoms with E-state index in [1.165, 1.54) is 0 Å². The summed E-state index contributed by atoms with van der Waals surface area (Å²) in [5, 5.41) is 10.1. The van der Waals surface area contributed by atoms with E-state index in [4.69, 9.17) is 0 Å². The number of aliphatic hydroxyl groups excluding tert-OH is 1. The molecule has 0 aliphatic carbocycles. The molecule has 1 aromatic heterocycles. The summed E-state index contributed by atoms with van der Waals surface area (Å²) >= 11 is 1.64. The molecular weight excluding hydrogens is 362 g/mol. The van der Waals surface area contributed by atoms with Gasteiger partial charge in [-0.2, -0.15) is 11.8 Å². The van der Waals surface area contributed by atoms with Gasteiger partial charge in [-0.15, -0.1) is 0 Å². The molecule has 2 amide bonds. The number of rotatable bonds is 6. The molecular formula is C20H29N3O3S. The molecule has 6 nitrogen and oxygen atoms in total. The second-order valence-electron chi connectivity index (χ2n) is 7.69. The number of pyridine rings is 1. The van der Waals surface area contributed by atoms with Crippen LogP contribution in [0.4, 0.5) is 0 Å². The largest absolute Gasteiger partial charge is 0.383 e. The predicted octanol–water partition coefficient (Wildman–Crippen LogP) is 1.93. The Morgan fingerprint density at radius 3 is 2.78 bits per heavy atom. The van der Waals surface area contributed by atoms with Crippen LogP contribution in [0.5, 0.6) is 0 Å². The fourth-order valence-electron chi connectivity index (χ4n) is 4.11. The molecule has 3 rings (SSSR count). The fraction of sp³-hybridized carbons (Fsp3) is 0.650. The Balaban J connectivity index is 1.56. The first-order chi connectivity index (χ1) is 13.0. The zero-order chi connectivity index (χ0) is 19.3. The Kier molecular flexibility index (Phi) is 6.76. The minimum absolute atomic E-state index is 0.0870. The quantitative estimate of drug-likeness (QED) is 0.802. The van der Waals surface area contributed by atoms with Gasteiger partial charge in [0.2, 0.25) is 5.91 Å². The molecule has 27 heavy (non-hydrogen) atoms. The first kappa shape index (κ1) is 20.1. The third-order valence-electron chi connectivity index (χ3n) is 5.84. The number of aromatic nitrogens is 1. The van der Waals surface area contributed by atoms with Crippen molar-refractivity contribution in [2.24, 2.45) is 5.41 Å². The number of likely N-dealkylation sites (tertiary alicyclic amines) is 2. The maximum atomic E-state index is 12.4. The molecule has 1 unspecified atom stereocenters. The van der Waals surface area contributed by atoms with Crippen molar-refractivity contribution in [1.82, 2.24) is 14.8 Å². The second kappa shape index (κ2) is 9.06. The first-order valence-corrected chi connectivity index (χ1v) is 11.1. The van der Waals surface area contributed by atoms with E-state index in [-0.39, 0.29) is 17.2 Å². The second-order valence-corrected chi connectivity index (χ2v) is 8.68. The van der Waals surface area contributed by atoms with Gasteiger partial charge in [0.25, 0.3) is 5.91 Å². The number of aliphatic hydroxyl groups is 1. The zero-order valence-electron chi connectivity index (χ0n) is 16.0. The van der Waals surface area contributed by atoms with Crippen molar-refractivity contribution in [3.63, 3.8) is 0 Å². The molecule has 148 valence electrons. The first-order valence-electron chi connectivity index (χ1n) is 9.66. The van der Waals surface area contributed by atoms with Crippen molar-refractivity contribution in [2.45, 2.75) is 44.8 Å².